The van der Waals surface area contributed by atoms with Gasteiger partial charge in [0.15, 0.2) is 0 Å². The van der Waals surface area contributed by atoms with E-state index in [0.717, 1.165) is 23.1 Å². The first-order chi connectivity index (χ1) is 10.2. The van der Waals surface area contributed by atoms with Crippen LogP contribution in [0.5, 0.6) is 0 Å². The van der Waals surface area contributed by atoms with E-state index in [-0.39, 0.29) is 17.4 Å². The zero-order chi connectivity index (χ0) is 14.4. The molecule has 7 heteroatoms. The van der Waals surface area contributed by atoms with Gasteiger partial charge in [-0.15, -0.1) is 11.3 Å². The lowest BCUT2D eigenvalue weighted by molar-refractivity contribution is 0.0952. The maximum absolute atomic E-state index is 12.6. The van der Waals surface area contributed by atoms with Crippen molar-refractivity contribution in [3.63, 3.8) is 0 Å². The number of fused-ring (bicyclic) bond motifs is 3. The van der Waals surface area contributed by atoms with Gasteiger partial charge >= 0.3 is 5.69 Å². The molecule has 1 atom stereocenters. The molecule has 108 valence electrons. The summed E-state index contributed by atoms with van der Waals surface area (Å²) in [4.78, 5) is 32.6. The summed E-state index contributed by atoms with van der Waals surface area (Å²) < 4.78 is 7.30. The van der Waals surface area contributed by atoms with Crippen LogP contribution in [0.2, 0.25) is 0 Å². The van der Waals surface area contributed by atoms with Gasteiger partial charge in [0, 0.05) is 18.2 Å². The summed E-state index contributed by atoms with van der Waals surface area (Å²) in [7, 11) is 0. The number of H-pyrrole nitrogens is 1. The number of rotatable bonds is 2. The quantitative estimate of drug-likeness (QED) is 0.778. The Labute approximate surface area is 123 Å². The number of aromatic nitrogens is 3. The molecule has 1 aliphatic rings. The van der Waals surface area contributed by atoms with Crippen LogP contribution in [0.1, 0.15) is 12.8 Å². The lowest BCUT2D eigenvalue weighted by Gasteiger charge is -2.10. The van der Waals surface area contributed by atoms with Crippen molar-refractivity contribution in [1.29, 1.82) is 0 Å². The van der Waals surface area contributed by atoms with Gasteiger partial charge in [0.1, 0.15) is 9.53 Å². The minimum atomic E-state index is -0.383. The van der Waals surface area contributed by atoms with E-state index in [1.165, 1.54) is 15.9 Å². The maximum atomic E-state index is 12.6. The van der Waals surface area contributed by atoms with Crippen LogP contribution in [0.15, 0.2) is 27.9 Å². The molecule has 0 aromatic carbocycles. The molecule has 0 saturated carbocycles. The summed E-state index contributed by atoms with van der Waals surface area (Å²) >= 11 is 1.31. The molecule has 1 N–H and O–H groups in total. The molecular formula is C14H13N3O3S. The number of hydrogen-bond acceptors (Lipinski definition) is 5. The van der Waals surface area contributed by atoms with Crippen molar-refractivity contribution in [1.82, 2.24) is 14.5 Å². The molecule has 0 amide bonds. The van der Waals surface area contributed by atoms with Crippen molar-refractivity contribution in [2.45, 2.75) is 25.5 Å². The second-order valence-corrected chi connectivity index (χ2v) is 6.14. The van der Waals surface area contributed by atoms with Crippen LogP contribution in [-0.4, -0.2) is 27.2 Å². The van der Waals surface area contributed by atoms with Gasteiger partial charge in [-0.05, 0) is 25.0 Å². The van der Waals surface area contributed by atoms with Gasteiger partial charge < -0.3 is 9.72 Å². The molecule has 6 nitrogen and oxygen atoms in total. The van der Waals surface area contributed by atoms with E-state index in [4.69, 9.17) is 4.74 Å². The number of hydrogen-bond donors (Lipinski definition) is 1. The van der Waals surface area contributed by atoms with Crippen molar-refractivity contribution in [3.8, 4) is 0 Å². The first-order valence-electron chi connectivity index (χ1n) is 6.86. The minimum absolute atomic E-state index is 0.0475. The standard InChI is InChI=1S/C14H13N3O3S/c18-13-11-10(9-4-1-5-15-12(9)21-11)16-14(19)17(13)7-8-3-2-6-20-8/h1,4-5,8H,2-3,6-7H2,(H,16,19)/t8-/m0/s1. The summed E-state index contributed by atoms with van der Waals surface area (Å²) in [5.41, 5.74) is -0.0551. The molecule has 0 unspecified atom stereocenters. The third kappa shape index (κ3) is 2.00. The van der Waals surface area contributed by atoms with E-state index >= 15 is 0 Å². The van der Waals surface area contributed by atoms with Crippen molar-refractivity contribution in [2.24, 2.45) is 0 Å². The zero-order valence-electron chi connectivity index (χ0n) is 11.2. The number of aromatic amines is 1. The fourth-order valence-electron chi connectivity index (χ4n) is 2.75. The molecule has 1 fully saturated rings. The fraction of sp³-hybridized carbons (Fsp3) is 0.357. The summed E-state index contributed by atoms with van der Waals surface area (Å²) in [6.07, 6.45) is 3.50. The number of pyridine rings is 1. The summed E-state index contributed by atoms with van der Waals surface area (Å²) in [5.74, 6) is 0. The normalized spacial score (nSPS) is 18.8. The predicted molar refractivity (Wildman–Crippen MR) is 81.0 cm³/mol. The Morgan fingerprint density at radius 2 is 2.38 bits per heavy atom. The number of nitrogens with one attached hydrogen (secondary N) is 1. The fourth-order valence-corrected chi connectivity index (χ4v) is 3.80. The molecule has 3 aromatic heterocycles. The second kappa shape index (κ2) is 4.78. The molecule has 3 aromatic rings. The Kier molecular flexibility index (Phi) is 2.90. The van der Waals surface area contributed by atoms with E-state index in [0.29, 0.717) is 23.4 Å². The lowest BCUT2D eigenvalue weighted by Crippen LogP contribution is -2.37. The monoisotopic (exact) mass is 303 g/mol. The largest absolute Gasteiger partial charge is 0.376 e. The lowest BCUT2D eigenvalue weighted by atomic mass is 10.2. The first-order valence-corrected chi connectivity index (χ1v) is 7.67. The molecule has 4 heterocycles. The second-order valence-electron chi connectivity index (χ2n) is 5.14. The molecule has 1 aliphatic heterocycles. The average molecular weight is 303 g/mol. The highest BCUT2D eigenvalue weighted by atomic mass is 32.1. The van der Waals surface area contributed by atoms with Gasteiger partial charge in [-0.2, -0.15) is 0 Å². The summed E-state index contributed by atoms with van der Waals surface area (Å²) in [6, 6.07) is 3.66. The van der Waals surface area contributed by atoms with Crippen LogP contribution in [0.25, 0.3) is 20.4 Å². The SMILES string of the molecule is O=c1[nH]c2c(sc3ncccc32)c(=O)n1C[C@@H]1CCCO1. The predicted octanol–water partition coefficient (Wildman–Crippen LogP) is 1.48. The Morgan fingerprint density at radius 1 is 1.48 bits per heavy atom. The molecule has 21 heavy (non-hydrogen) atoms. The summed E-state index contributed by atoms with van der Waals surface area (Å²) in [5, 5.41) is 0.816. The topological polar surface area (TPSA) is 77.0 Å². The van der Waals surface area contributed by atoms with Crippen LogP contribution in [0.4, 0.5) is 0 Å². The van der Waals surface area contributed by atoms with E-state index in [1.54, 1.807) is 12.3 Å². The van der Waals surface area contributed by atoms with Crippen molar-refractivity contribution >= 4 is 31.8 Å². The molecule has 0 spiro atoms. The minimum Gasteiger partial charge on any atom is -0.376 e. The zero-order valence-corrected chi connectivity index (χ0v) is 12.0. The van der Waals surface area contributed by atoms with Crippen LogP contribution in [-0.2, 0) is 11.3 Å². The molecule has 1 saturated heterocycles. The van der Waals surface area contributed by atoms with Gasteiger partial charge in [-0.3, -0.25) is 9.36 Å². The third-order valence-corrected chi connectivity index (χ3v) is 4.89. The molecule has 0 radical (unpaired) electrons. The third-order valence-electron chi connectivity index (χ3n) is 3.79. The highest BCUT2D eigenvalue weighted by Crippen LogP contribution is 2.27. The van der Waals surface area contributed by atoms with E-state index in [1.807, 2.05) is 6.07 Å². The van der Waals surface area contributed by atoms with Crippen molar-refractivity contribution < 1.29 is 4.74 Å². The highest BCUT2D eigenvalue weighted by Gasteiger charge is 2.20. The molecular weight excluding hydrogens is 290 g/mol. The average Bonchev–Trinajstić information content (AvgIpc) is 3.11. The van der Waals surface area contributed by atoms with Gasteiger partial charge in [-0.25, -0.2) is 9.78 Å². The Balaban J connectivity index is 1.94. The smallest absolute Gasteiger partial charge is 0.328 e. The summed E-state index contributed by atoms with van der Waals surface area (Å²) in [6.45, 7) is 1.01. The molecule has 0 aliphatic carbocycles. The van der Waals surface area contributed by atoms with Crippen molar-refractivity contribution in [2.75, 3.05) is 6.61 Å². The Bertz CT molecular complexity index is 934. The molecule has 4 rings (SSSR count). The van der Waals surface area contributed by atoms with Gasteiger partial charge in [-0.1, -0.05) is 0 Å². The van der Waals surface area contributed by atoms with E-state index in [2.05, 4.69) is 9.97 Å². The van der Waals surface area contributed by atoms with Crippen LogP contribution >= 0.6 is 11.3 Å². The van der Waals surface area contributed by atoms with E-state index in [9.17, 15) is 9.59 Å². The maximum Gasteiger partial charge on any atom is 0.328 e. The first kappa shape index (κ1) is 12.7. The van der Waals surface area contributed by atoms with Gasteiger partial charge in [0.05, 0.1) is 18.2 Å². The van der Waals surface area contributed by atoms with Gasteiger partial charge in [0.2, 0.25) is 0 Å². The number of thiophene rings is 1. The number of nitrogens with zero attached hydrogens (tertiary/aromatic N) is 2. The van der Waals surface area contributed by atoms with Crippen molar-refractivity contribution in [3.05, 3.63) is 39.2 Å². The number of ether oxygens (including phenoxy) is 1. The van der Waals surface area contributed by atoms with E-state index < -0.39 is 0 Å². The van der Waals surface area contributed by atoms with Crippen LogP contribution in [0.3, 0.4) is 0 Å². The Morgan fingerprint density at radius 3 is 3.19 bits per heavy atom. The van der Waals surface area contributed by atoms with Crippen LogP contribution < -0.4 is 11.2 Å². The van der Waals surface area contributed by atoms with Gasteiger partial charge in [0.25, 0.3) is 5.56 Å². The Hall–Kier alpha value is -1.99. The van der Waals surface area contributed by atoms with Crippen LogP contribution in [0, 0.1) is 0 Å². The highest BCUT2D eigenvalue weighted by molar-refractivity contribution is 7.25. The molecule has 0 bridgehead atoms.